The van der Waals surface area contributed by atoms with Gasteiger partial charge in [-0.2, -0.15) is 0 Å². The van der Waals surface area contributed by atoms with Crippen molar-refractivity contribution in [3.05, 3.63) is 168 Å². The van der Waals surface area contributed by atoms with Crippen LogP contribution >= 0.6 is 0 Å². The minimum atomic E-state index is 0.222. The number of para-hydroxylation sites is 5. The molecule has 10 rings (SSSR count). The number of rotatable bonds is 6. The lowest BCUT2D eigenvalue weighted by Crippen LogP contribution is -2.30. The predicted octanol–water partition coefficient (Wildman–Crippen LogP) is 9.29. The molecule has 0 fully saturated rings. The van der Waals surface area contributed by atoms with Crippen LogP contribution in [-0.4, -0.2) is 26.5 Å². The molecule has 1 aliphatic rings. The molecule has 0 N–H and O–H groups in total. The number of oxazole rings is 2. The van der Waals surface area contributed by atoms with Crippen molar-refractivity contribution in [1.29, 1.82) is 0 Å². The summed E-state index contributed by atoms with van der Waals surface area (Å²) in [7, 11) is 0. The SMILES string of the molecule is C1=c2ccccc2=NCC1c1ccc(-c2cc(-c3ccc(-c4nc5ccccc5o4)cc3)nc(-c3ccc(-c4nc5ccccc5o4)cc3)n2)cc1. The first-order valence-corrected chi connectivity index (χ1v) is 17.2. The largest absolute Gasteiger partial charge is 0.436 e. The summed E-state index contributed by atoms with van der Waals surface area (Å²) in [6.45, 7) is 0.733. The predicted molar refractivity (Wildman–Crippen MR) is 204 cm³/mol. The van der Waals surface area contributed by atoms with Gasteiger partial charge in [-0.3, -0.25) is 4.99 Å². The molecule has 7 nitrogen and oxygen atoms in total. The summed E-state index contributed by atoms with van der Waals surface area (Å²) in [4.78, 5) is 24.3. The second-order valence-electron chi connectivity index (χ2n) is 12.9. The van der Waals surface area contributed by atoms with Gasteiger partial charge in [0.1, 0.15) is 11.0 Å². The van der Waals surface area contributed by atoms with Crippen LogP contribution < -0.4 is 10.6 Å². The first-order chi connectivity index (χ1) is 25.7. The average Bonchev–Trinajstić information content (AvgIpc) is 3.86. The van der Waals surface area contributed by atoms with Gasteiger partial charge in [0.15, 0.2) is 17.0 Å². The van der Waals surface area contributed by atoms with E-state index in [9.17, 15) is 0 Å². The number of benzene rings is 6. The summed E-state index contributed by atoms with van der Waals surface area (Å²) in [5.41, 5.74) is 10.7. The Morgan fingerprint density at radius 2 is 0.962 bits per heavy atom. The zero-order chi connectivity index (χ0) is 34.4. The molecule has 0 saturated carbocycles. The zero-order valence-electron chi connectivity index (χ0n) is 27.8. The van der Waals surface area contributed by atoms with Crippen molar-refractivity contribution in [3.63, 3.8) is 0 Å². The minimum absolute atomic E-state index is 0.222. The summed E-state index contributed by atoms with van der Waals surface area (Å²) in [6, 6.07) is 50.8. The van der Waals surface area contributed by atoms with E-state index in [-0.39, 0.29) is 5.92 Å². The Morgan fingerprint density at radius 3 is 1.56 bits per heavy atom. The summed E-state index contributed by atoms with van der Waals surface area (Å²) in [5.74, 6) is 2.01. The van der Waals surface area contributed by atoms with Gasteiger partial charge in [0, 0.05) is 33.7 Å². The van der Waals surface area contributed by atoms with Gasteiger partial charge < -0.3 is 8.83 Å². The highest BCUT2D eigenvalue weighted by Crippen LogP contribution is 2.32. The fraction of sp³-hybridized carbons (Fsp3) is 0.0444. The molecule has 9 aromatic rings. The molecule has 0 saturated heterocycles. The Balaban J connectivity index is 1.01. The normalized spacial score (nSPS) is 13.8. The summed E-state index contributed by atoms with van der Waals surface area (Å²) >= 11 is 0. The van der Waals surface area contributed by atoms with Crippen LogP contribution in [0.5, 0.6) is 0 Å². The van der Waals surface area contributed by atoms with Crippen LogP contribution in [0.4, 0.5) is 0 Å². The molecule has 1 unspecified atom stereocenters. The van der Waals surface area contributed by atoms with Crippen molar-refractivity contribution in [2.75, 3.05) is 6.54 Å². The third kappa shape index (κ3) is 5.54. The fourth-order valence-electron chi connectivity index (χ4n) is 6.75. The fourth-order valence-corrected chi connectivity index (χ4v) is 6.75. The first kappa shape index (κ1) is 29.9. The molecule has 0 spiro atoms. The van der Waals surface area contributed by atoms with Gasteiger partial charge in [-0.05, 0) is 71.4 Å². The molecule has 0 aliphatic carbocycles. The lowest BCUT2D eigenvalue weighted by molar-refractivity contribution is 0.619. The lowest BCUT2D eigenvalue weighted by Gasteiger charge is -2.15. The molecule has 7 heteroatoms. The summed E-state index contributed by atoms with van der Waals surface area (Å²) in [5, 5.41) is 2.23. The maximum absolute atomic E-state index is 6.03. The molecule has 0 bridgehead atoms. The van der Waals surface area contributed by atoms with Gasteiger partial charge in [-0.15, -0.1) is 0 Å². The van der Waals surface area contributed by atoms with E-state index >= 15 is 0 Å². The van der Waals surface area contributed by atoms with Crippen molar-refractivity contribution >= 4 is 28.3 Å². The molecule has 0 amide bonds. The van der Waals surface area contributed by atoms with E-state index in [1.807, 2.05) is 91.0 Å². The zero-order valence-corrected chi connectivity index (χ0v) is 27.8. The molecular formula is C45H29N5O2. The molecule has 1 atom stereocenters. The third-order valence-electron chi connectivity index (χ3n) is 9.54. The van der Waals surface area contributed by atoms with Crippen molar-refractivity contribution in [2.45, 2.75) is 5.92 Å². The van der Waals surface area contributed by atoms with E-state index in [4.69, 9.17) is 23.8 Å². The second kappa shape index (κ2) is 12.4. The van der Waals surface area contributed by atoms with Crippen LogP contribution in [0.1, 0.15) is 11.5 Å². The van der Waals surface area contributed by atoms with Gasteiger partial charge in [0.25, 0.3) is 0 Å². The van der Waals surface area contributed by atoms with Crippen LogP contribution in [0.2, 0.25) is 0 Å². The highest BCUT2D eigenvalue weighted by molar-refractivity contribution is 5.79. The number of aromatic nitrogens is 4. The molecule has 1 aliphatic heterocycles. The van der Waals surface area contributed by atoms with Crippen molar-refractivity contribution in [1.82, 2.24) is 19.9 Å². The second-order valence-corrected chi connectivity index (χ2v) is 12.9. The Bertz CT molecular complexity index is 2670. The molecule has 52 heavy (non-hydrogen) atoms. The van der Waals surface area contributed by atoms with Crippen LogP contribution in [0.15, 0.2) is 165 Å². The minimum Gasteiger partial charge on any atom is -0.436 e. The van der Waals surface area contributed by atoms with Crippen LogP contribution in [0, 0.1) is 0 Å². The van der Waals surface area contributed by atoms with E-state index in [1.54, 1.807) is 0 Å². The molecule has 246 valence electrons. The van der Waals surface area contributed by atoms with E-state index in [1.165, 1.54) is 10.8 Å². The Hall–Kier alpha value is -6.99. The van der Waals surface area contributed by atoms with Gasteiger partial charge in [-0.25, -0.2) is 19.9 Å². The van der Waals surface area contributed by atoms with Gasteiger partial charge >= 0.3 is 0 Å². The molecule has 3 aromatic heterocycles. The quantitative estimate of drug-likeness (QED) is 0.175. The van der Waals surface area contributed by atoms with Crippen LogP contribution in [0.25, 0.3) is 85.1 Å². The maximum Gasteiger partial charge on any atom is 0.227 e. The highest BCUT2D eigenvalue weighted by atomic mass is 16.4. The number of fused-ring (bicyclic) bond motifs is 3. The van der Waals surface area contributed by atoms with E-state index in [2.05, 4.69) is 76.7 Å². The number of nitrogens with zero attached hydrogens (tertiary/aromatic N) is 5. The van der Waals surface area contributed by atoms with E-state index in [0.717, 1.165) is 73.3 Å². The van der Waals surface area contributed by atoms with Crippen LogP contribution in [-0.2, 0) is 0 Å². The van der Waals surface area contributed by atoms with Crippen molar-refractivity contribution < 1.29 is 8.83 Å². The molecule has 4 heterocycles. The third-order valence-corrected chi connectivity index (χ3v) is 9.54. The average molecular weight is 672 g/mol. The highest BCUT2D eigenvalue weighted by Gasteiger charge is 2.16. The molecule has 6 aromatic carbocycles. The summed E-state index contributed by atoms with van der Waals surface area (Å²) < 4.78 is 12.0. The van der Waals surface area contributed by atoms with Crippen LogP contribution in [0.3, 0.4) is 0 Å². The Labute approximate surface area is 298 Å². The van der Waals surface area contributed by atoms with Crippen molar-refractivity contribution in [3.8, 4) is 56.8 Å². The lowest BCUT2D eigenvalue weighted by atomic mass is 9.94. The number of hydrogen-bond acceptors (Lipinski definition) is 7. The molecular weight excluding hydrogens is 643 g/mol. The summed E-state index contributed by atoms with van der Waals surface area (Å²) in [6.07, 6.45) is 2.31. The van der Waals surface area contributed by atoms with Gasteiger partial charge in [0.2, 0.25) is 11.8 Å². The van der Waals surface area contributed by atoms with E-state index < -0.39 is 0 Å². The van der Waals surface area contributed by atoms with Crippen molar-refractivity contribution in [2.24, 2.45) is 4.99 Å². The Kier molecular flexibility index (Phi) is 7.13. The molecule has 0 radical (unpaired) electrons. The standard InChI is InChI=1S/C45H29N5O2/c1-2-8-36-34(7-1)25-35(27-46-36)28-13-15-29(16-14-28)39-26-40(30-17-21-32(22-18-30)44-49-37-9-3-5-11-41(37)51-44)48-43(47-39)31-19-23-33(24-20-31)45-50-38-10-4-6-12-42(38)52-45/h1-26,35H,27H2. The first-order valence-electron chi connectivity index (χ1n) is 17.2. The monoisotopic (exact) mass is 671 g/mol. The van der Waals surface area contributed by atoms with E-state index in [0.29, 0.717) is 17.6 Å². The van der Waals surface area contributed by atoms with Gasteiger partial charge in [0.05, 0.1) is 23.3 Å². The Morgan fingerprint density at radius 1 is 0.462 bits per heavy atom. The van der Waals surface area contributed by atoms with Gasteiger partial charge in [-0.1, -0.05) is 97.1 Å². The maximum atomic E-state index is 6.03. The smallest absolute Gasteiger partial charge is 0.227 e. The topological polar surface area (TPSA) is 90.2 Å². The number of hydrogen-bond donors (Lipinski definition) is 0.